The Hall–Kier alpha value is -1.93. The Bertz CT molecular complexity index is 698. The number of benzene rings is 1. The predicted molar refractivity (Wildman–Crippen MR) is 90.0 cm³/mol. The van der Waals surface area contributed by atoms with Gasteiger partial charge in [0.25, 0.3) is 5.91 Å². The number of hydrogen-bond donors (Lipinski definition) is 1. The first-order valence-electron chi connectivity index (χ1n) is 7.57. The van der Waals surface area contributed by atoms with E-state index in [0.717, 1.165) is 4.31 Å². The molecule has 0 aromatic heterocycles. The van der Waals surface area contributed by atoms with Crippen LogP contribution in [0.15, 0.2) is 29.2 Å². The molecule has 1 atom stereocenters. The molecule has 24 heavy (non-hydrogen) atoms. The van der Waals surface area contributed by atoms with Gasteiger partial charge in [0.05, 0.1) is 10.5 Å². The fourth-order valence-electron chi connectivity index (χ4n) is 1.72. The van der Waals surface area contributed by atoms with Crippen LogP contribution < -0.4 is 5.32 Å². The number of esters is 1. The largest absolute Gasteiger partial charge is 0.449 e. The lowest BCUT2D eigenvalue weighted by molar-refractivity contribution is -0.129. The Kier molecular flexibility index (Phi) is 6.92. The van der Waals surface area contributed by atoms with Crippen molar-refractivity contribution < 1.29 is 22.7 Å². The van der Waals surface area contributed by atoms with E-state index in [1.54, 1.807) is 0 Å². The van der Waals surface area contributed by atoms with Gasteiger partial charge in [0.15, 0.2) is 6.10 Å². The van der Waals surface area contributed by atoms with E-state index in [9.17, 15) is 18.0 Å². The van der Waals surface area contributed by atoms with Crippen LogP contribution in [0.3, 0.4) is 0 Å². The highest BCUT2D eigenvalue weighted by Crippen LogP contribution is 2.16. The molecule has 1 aromatic carbocycles. The minimum absolute atomic E-state index is 0.0149. The Morgan fingerprint density at radius 1 is 1.21 bits per heavy atom. The summed E-state index contributed by atoms with van der Waals surface area (Å²) in [4.78, 5) is 24.0. The Morgan fingerprint density at radius 3 is 2.38 bits per heavy atom. The van der Waals surface area contributed by atoms with Crippen molar-refractivity contribution in [1.29, 1.82) is 0 Å². The number of hydrogen-bond acceptors (Lipinski definition) is 5. The quantitative estimate of drug-likeness (QED) is 0.742. The first kappa shape index (κ1) is 20.1. The number of amides is 1. The fourth-order valence-corrected chi connectivity index (χ4v) is 2.67. The van der Waals surface area contributed by atoms with Crippen LogP contribution >= 0.6 is 0 Å². The lowest BCUT2D eigenvalue weighted by Gasteiger charge is -2.15. The topological polar surface area (TPSA) is 92.8 Å². The number of nitrogens with zero attached hydrogens (tertiary/aromatic N) is 1. The Labute approximate surface area is 143 Å². The highest BCUT2D eigenvalue weighted by atomic mass is 32.2. The molecule has 1 rings (SSSR count). The van der Waals surface area contributed by atoms with Crippen LogP contribution in [0, 0.1) is 5.92 Å². The normalized spacial score (nSPS) is 13.0. The van der Waals surface area contributed by atoms with Crippen molar-refractivity contribution in [3.05, 3.63) is 29.8 Å². The molecule has 1 N–H and O–H groups in total. The minimum atomic E-state index is -3.65. The van der Waals surface area contributed by atoms with Crippen LogP contribution in [-0.4, -0.2) is 51.3 Å². The molecule has 1 amide bonds. The zero-order valence-corrected chi connectivity index (χ0v) is 15.4. The smallest absolute Gasteiger partial charge is 0.338 e. The monoisotopic (exact) mass is 356 g/mol. The second-order valence-electron chi connectivity index (χ2n) is 6.00. The highest BCUT2D eigenvalue weighted by molar-refractivity contribution is 7.89. The third-order valence-corrected chi connectivity index (χ3v) is 5.00. The Balaban J connectivity index is 2.84. The first-order chi connectivity index (χ1) is 11.1. The van der Waals surface area contributed by atoms with Gasteiger partial charge in [-0.2, -0.15) is 0 Å². The van der Waals surface area contributed by atoms with E-state index in [2.05, 4.69) is 5.32 Å². The molecule has 0 aliphatic rings. The molecule has 7 nitrogen and oxygen atoms in total. The molecule has 0 bridgehead atoms. The van der Waals surface area contributed by atoms with Crippen molar-refractivity contribution in [3.8, 4) is 0 Å². The number of carbonyl (C=O) groups is 2. The molecule has 0 saturated carbocycles. The van der Waals surface area contributed by atoms with Gasteiger partial charge >= 0.3 is 5.97 Å². The van der Waals surface area contributed by atoms with Gasteiger partial charge in [-0.05, 0) is 31.0 Å². The van der Waals surface area contributed by atoms with Crippen LogP contribution in [0.2, 0.25) is 0 Å². The van der Waals surface area contributed by atoms with Gasteiger partial charge in [0.2, 0.25) is 10.0 Å². The average Bonchev–Trinajstić information content (AvgIpc) is 2.52. The first-order valence-corrected chi connectivity index (χ1v) is 9.01. The maximum Gasteiger partial charge on any atom is 0.338 e. The second-order valence-corrected chi connectivity index (χ2v) is 8.15. The molecule has 0 radical (unpaired) electrons. The lowest BCUT2D eigenvalue weighted by atomic mass is 10.2. The van der Waals surface area contributed by atoms with Crippen molar-refractivity contribution in [2.24, 2.45) is 5.92 Å². The fraction of sp³-hybridized carbons (Fsp3) is 0.500. The molecule has 1 aromatic rings. The standard InChI is InChI=1S/C16H24N2O5S/c1-11(2)10-17-15(19)12(3)23-16(20)13-7-6-8-14(9-13)24(21,22)18(4)5/h6-9,11-12H,10H2,1-5H3,(H,17,19). The molecule has 0 spiro atoms. The van der Waals surface area contributed by atoms with E-state index in [-0.39, 0.29) is 16.4 Å². The molecule has 1 unspecified atom stereocenters. The van der Waals surface area contributed by atoms with E-state index in [1.807, 2.05) is 13.8 Å². The zero-order chi connectivity index (χ0) is 18.5. The van der Waals surface area contributed by atoms with E-state index in [1.165, 1.54) is 45.3 Å². The molecule has 0 fully saturated rings. The molecule has 134 valence electrons. The summed E-state index contributed by atoms with van der Waals surface area (Å²) in [7, 11) is -0.841. The minimum Gasteiger partial charge on any atom is -0.449 e. The van der Waals surface area contributed by atoms with Crippen molar-refractivity contribution in [2.45, 2.75) is 31.8 Å². The second kappa shape index (κ2) is 8.25. The van der Waals surface area contributed by atoms with E-state index in [4.69, 9.17) is 4.74 Å². The van der Waals surface area contributed by atoms with E-state index in [0.29, 0.717) is 6.54 Å². The summed E-state index contributed by atoms with van der Waals surface area (Å²) in [6.45, 7) is 5.85. The van der Waals surface area contributed by atoms with Crippen LogP contribution in [-0.2, 0) is 19.6 Å². The maximum absolute atomic E-state index is 12.1. The van der Waals surface area contributed by atoms with Gasteiger partial charge < -0.3 is 10.1 Å². The summed E-state index contributed by atoms with van der Waals surface area (Å²) in [6, 6.07) is 5.52. The van der Waals surface area contributed by atoms with Crippen LogP contribution in [0.4, 0.5) is 0 Å². The third-order valence-electron chi connectivity index (χ3n) is 3.19. The van der Waals surface area contributed by atoms with Crippen molar-refractivity contribution >= 4 is 21.9 Å². The molecule has 0 aliphatic carbocycles. The number of rotatable bonds is 7. The van der Waals surface area contributed by atoms with Gasteiger partial charge in [-0.1, -0.05) is 19.9 Å². The molecule has 0 saturated heterocycles. The summed E-state index contributed by atoms with van der Waals surface area (Å²) < 4.78 is 30.3. The van der Waals surface area contributed by atoms with Crippen molar-refractivity contribution in [1.82, 2.24) is 9.62 Å². The molecule has 0 aliphatic heterocycles. The Morgan fingerprint density at radius 2 is 1.83 bits per heavy atom. The predicted octanol–water partition coefficient (Wildman–Crippen LogP) is 1.25. The summed E-state index contributed by atoms with van der Waals surface area (Å²) in [5.41, 5.74) is 0.0708. The summed E-state index contributed by atoms with van der Waals surface area (Å²) in [5.74, 6) is -0.864. The molecule has 0 heterocycles. The van der Waals surface area contributed by atoms with E-state index < -0.39 is 28.0 Å². The number of carbonyl (C=O) groups excluding carboxylic acids is 2. The van der Waals surface area contributed by atoms with Gasteiger partial charge in [0, 0.05) is 20.6 Å². The lowest BCUT2D eigenvalue weighted by Crippen LogP contribution is -2.37. The van der Waals surface area contributed by atoms with Crippen molar-refractivity contribution in [3.63, 3.8) is 0 Å². The SMILES string of the molecule is CC(C)CNC(=O)C(C)OC(=O)c1cccc(S(=O)(=O)N(C)C)c1. The zero-order valence-electron chi connectivity index (χ0n) is 14.6. The average molecular weight is 356 g/mol. The van der Waals surface area contributed by atoms with Crippen LogP contribution in [0.25, 0.3) is 0 Å². The highest BCUT2D eigenvalue weighted by Gasteiger charge is 2.22. The van der Waals surface area contributed by atoms with Gasteiger partial charge in [-0.3, -0.25) is 4.79 Å². The summed E-state index contributed by atoms with van der Waals surface area (Å²) in [5, 5.41) is 2.67. The van der Waals surface area contributed by atoms with E-state index >= 15 is 0 Å². The van der Waals surface area contributed by atoms with Gasteiger partial charge in [0.1, 0.15) is 0 Å². The third kappa shape index (κ3) is 5.31. The number of ether oxygens (including phenoxy) is 1. The van der Waals surface area contributed by atoms with Crippen LogP contribution in [0.5, 0.6) is 0 Å². The maximum atomic E-state index is 12.1. The van der Waals surface area contributed by atoms with Gasteiger partial charge in [-0.15, -0.1) is 0 Å². The van der Waals surface area contributed by atoms with Crippen molar-refractivity contribution in [2.75, 3.05) is 20.6 Å². The molecule has 8 heteroatoms. The molecular weight excluding hydrogens is 332 g/mol. The van der Waals surface area contributed by atoms with Gasteiger partial charge in [-0.25, -0.2) is 17.5 Å². The molecular formula is C16H24N2O5S. The summed E-state index contributed by atoms with van der Waals surface area (Å²) >= 11 is 0. The number of nitrogens with one attached hydrogen (secondary N) is 1. The number of sulfonamides is 1. The van der Waals surface area contributed by atoms with Crippen LogP contribution in [0.1, 0.15) is 31.1 Å². The summed E-state index contributed by atoms with van der Waals surface area (Å²) in [6.07, 6.45) is -0.967.